The number of carbonyl (C=O) groups is 1. The Labute approximate surface area is 103 Å². The fourth-order valence-corrected chi connectivity index (χ4v) is 1.37. The molecular formula is C11H14N4O3. The van der Waals surface area contributed by atoms with E-state index in [4.69, 9.17) is 5.26 Å². The molecule has 0 aliphatic rings. The number of likely N-dealkylation sites (N-methyl/N-ethyl adjacent to an activating group) is 1. The first-order chi connectivity index (χ1) is 8.42. The molecule has 1 rings (SSSR count). The number of nitriles is 1. The van der Waals surface area contributed by atoms with Crippen molar-refractivity contribution in [2.75, 3.05) is 14.1 Å². The molecule has 0 fully saturated rings. The predicted octanol–water partition coefficient (Wildman–Crippen LogP) is -1.01. The Balaban J connectivity index is 3.44. The molecule has 0 saturated heterocycles. The van der Waals surface area contributed by atoms with Crippen molar-refractivity contribution in [3.8, 4) is 6.07 Å². The zero-order valence-corrected chi connectivity index (χ0v) is 10.5. The second kappa shape index (κ2) is 5.31. The van der Waals surface area contributed by atoms with Crippen LogP contribution in [0.25, 0.3) is 0 Å². The van der Waals surface area contributed by atoms with Crippen LogP contribution in [0.4, 0.5) is 0 Å². The van der Waals surface area contributed by atoms with Gasteiger partial charge in [0.05, 0.1) is 0 Å². The average molecular weight is 250 g/mol. The second-order valence-electron chi connectivity index (χ2n) is 3.90. The van der Waals surface area contributed by atoms with E-state index in [2.05, 4.69) is 0 Å². The van der Waals surface area contributed by atoms with Gasteiger partial charge in [0.25, 0.3) is 5.56 Å². The van der Waals surface area contributed by atoms with Crippen LogP contribution in [0.3, 0.4) is 0 Å². The summed E-state index contributed by atoms with van der Waals surface area (Å²) in [5.41, 5.74) is -1.47. The van der Waals surface area contributed by atoms with E-state index in [1.165, 1.54) is 29.8 Å². The standard InChI is InChI=1S/C11H14N4O3/c1-4-14-6-8(5-12)10(17)15(11(14)18)7-9(16)13(2)3/h6H,4,7H2,1-3H3. The molecule has 0 saturated carbocycles. The summed E-state index contributed by atoms with van der Waals surface area (Å²) in [5, 5.41) is 8.82. The van der Waals surface area contributed by atoms with Crippen LogP contribution in [-0.2, 0) is 17.9 Å². The van der Waals surface area contributed by atoms with E-state index in [1.807, 2.05) is 0 Å². The van der Waals surface area contributed by atoms with Gasteiger partial charge in [0.1, 0.15) is 18.2 Å². The molecule has 0 N–H and O–H groups in total. The summed E-state index contributed by atoms with van der Waals surface area (Å²) in [7, 11) is 3.06. The summed E-state index contributed by atoms with van der Waals surface area (Å²) in [6.45, 7) is 1.68. The lowest BCUT2D eigenvalue weighted by Crippen LogP contribution is -2.44. The minimum atomic E-state index is -0.734. The van der Waals surface area contributed by atoms with Gasteiger partial charge in [-0.05, 0) is 6.92 Å². The minimum Gasteiger partial charge on any atom is -0.347 e. The summed E-state index contributed by atoms with van der Waals surface area (Å²) in [4.78, 5) is 36.5. The SMILES string of the molecule is CCn1cc(C#N)c(=O)n(CC(=O)N(C)C)c1=O. The highest BCUT2D eigenvalue weighted by Crippen LogP contribution is 1.89. The number of aryl methyl sites for hydroxylation is 1. The van der Waals surface area contributed by atoms with Gasteiger partial charge < -0.3 is 4.90 Å². The number of nitrogens with zero attached hydrogens (tertiary/aromatic N) is 4. The van der Waals surface area contributed by atoms with Crippen molar-refractivity contribution in [1.29, 1.82) is 5.26 Å². The van der Waals surface area contributed by atoms with Crippen molar-refractivity contribution in [3.05, 3.63) is 32.6 Å². The maximum atomic E-state index is 11.9. The molecule has 0 spiro atoms. The third kappa shape index (κ3) is 2.48. The first kappa shape index (κ1) is 13.7. The van der Waals surface area contributed by atoms with Gasteiger partial charge in [-0.2, -0.15) is 5.26 Å². The van der Waals surface area contributed by atoms with Crippen LogP contribution in [0.5, 0.6) is 0 Å². The van der Waals surface area contributed by atoms with Crippen LogP contribution < -0.4 is 11.2 Å². The first-order valence-electron chi connectivity index (χ1n) is 5.36. The maximum absolute atomic E-state index is 11.9. The molecule has 18 heavy (non-hydrogen) atoms. The molecule has 0 unspecified atom stereocenters. The number of aromatic nitrogens is 2. The molecule has 0 radical (unpaired) electrons. The lowest BCUT2D eigenvalue weighted by molar-refractivity contribution is -0.129. The Morgan fingerprint density at radius 1 is 1.44 bits per heavy atom. The number of rotatable bonds is 3. The molecule has 1 aromatic heterocycles. The molecule has 7 heteroatoms. The molecule has 0 atom stereocenters. The molecule has 1 heterocycles. The lowest BCUT2D eigenvalue weighted by Gasteiger charge is -2.12. The molecule has 0 aliphatic heterocycles. The zero-order valence-electron chi connectivity index (χ0n) is 10.5. The highest BCUT2D eigenvalue weighted by Gasteiger charge is 2.14. The van der Waals surface area contributed by atoms with Crippen molar-refractivity contribution in [2.24, 2.45) is 0 Å². The van der Waals surface area contributed by atoms with Gasteiger partial charge in [0.15, 0.2) is 0 Å². The second-order valence-corrected chi connectivity index (χ2v) is 3.90. The molecular weight excluding hydrogens is 236 g/mol. The van der Waals surface area contributed by atoms with E-state index < -0.39 is 11.2 Å². The van der Waals surface area contributed by atoms with Gasteiger partial charge in [-0.3, -0.25) is 14.2 Å². The summed E-state index contributed by atoms with van der Waals surface area (Å²) in [6, 6.07) is 1.72. The van der Waals surface area contributed by atoms with Crippen LogP contribution >= 0.6 is 0 Å². The van der Waals surface area contributed by atoms with E-state index in [9.17, 15) is 14.4 Å². The van der Waals surface area contributed by atoms with E-state index in [0.29, 0.717) is 6.54 Å². The fraction of sp³-hybridized carbons (Fsp3) is 0.455. The van der Waals surface area contributed by atoms with Crippen LogP contribution in [0.2, 0.25) is 0 Å². The van der Waals surface area contributed by atoms with Crippen molar-refractivity contribution >= 4 is 5.91 Å². The van der Waals surface area contributed by atoms with Gasteiger partial charge >= 0.3 is 5.69 Å². The van der Waals surface area contributed by atoms with Crippen LogP contribution in [-0.4, -0.2) is 34.0 Å². The third-order valence-corrected chi connectivity index (χ3v) is 2.49. The number of amides is 1. The average Bonchev–Trinajstić information content (AvgIpc) is 2.34. The van der Waals surface area contributed by atoms with Crippen LogP contribution in [0.1, 0.15) is 12.5 Å². The highest BCUT2D eigenvalue weighted by atomic mass is 16.2. The summed E-state index contributed by atoms with van der Waals surface area (Å²) < 4.78 is 2.01. The highest BCUT2D eigenvalue weighted by molar-refractivity contribution is 5.75. The Hall–Kier alpha value is -2.36. The summed E-state index contributed by atoms with van der Waals surface area (Å²) >= 11 is 0. The number of hydrogen-bond donors (Lipinski definition) is 0. The van der Waals surface area contributed by atoms with Crippen molar-refractivity contribution in [1.82, 2.24) is 14.0 Å². The van der Waals surface area contributed by atoms with E-state index >= 15 is 0 Å². The number of carbonyl (C=O) groups excluding carboxylic acids is 1. The van der Waals surface area contributed by atoms with Gasteiger partial charge in [0, 0.05) is 26.8 Å². The molecule has 0 aromatic carbocycles. The van der Waals surface area contributed by atoms with Gasteiger partial charge in [-0.15, -0.1) is 0 Å². The largest absolute Gasteiger partial charge is 0.347 e. The summed E-state index contributed by atoms with van der Waals surface area (Å²) in [6.07, 6.45) is 1.21. The Kier molecular flexibility index (Phi) is 4.05. The third-order valence-electron chi connectivity index (χ3n) is 2.49. The van der Waals surface area contributed by atoms with Crippen LogP contribution in [0.15, 0.2) is 15.8 Å². The monoisotopic (exact) mass is 250 g/mol. The normalized spacial score (nSPS) is 9.89. The van der Waals surface area contributed by atoms with Crippen LogP contribution in [0, 0.1) is 11.3 Å². The quantitative estimate of drug-likeness (QED) is 0.687. The molecule has 0 aliphatic carbocycles. The summed E-state index contributed by atoms with van der Waals surface area (Å²) in [5.74, 6) is -0.382. The van der Waals surface area contributed by atoms with Crippen molar-refractivity contribution in [3.63, 3.8) is 0 Å². The number of hydrogen-bond acceptors (Lipinski definition) is 4. The topological polar surface area (TPSA) is 88.1 Å². The fourth-order valence-electron chi connectivity index (χ4n) is 1.37. The van der Waals surface area contributed by atoms with Gasteiger partial charge in [-0.25, -0.2) is 9.36 Å². The zero-order chi connectivity index (χ0) is 13.9. The Bertz CT molecular complexity index is 619. The smallest absolute Gasteiger partial charge is 0.331 e. The van der Waals surface area contributed by atoms with Gasteiger partial charge in [-0.1, -0.05) is 0 Å². The van der Waals surface area contributed by atoms with Crippen molar-refractivity contribution < 1.29 is 4.79 Å². The van der Waals surface area contributed by atoms with E-state index in [-0.39, 0.29) is 18.0 Å². The Morgan fingerprint density at radius 2 is 2.06 bits per heavy atom. The molecule has 1 amide bonds. The predicted molar refractivity (Wildman–Crippen MR) is 64.0 cm³/mol. The maximum Gasteiger partial charge on any atom is 0.331 e. The lowest BCUT2D eigenvalue weighted by atomic mass is 10.3. The first-order valence-corrected chi connectivity index (χ1v) is 5.36. The van der Waals surface area contributed by atoms with Gasteiger partial charge in [0.2, 0.25) is 5.91 Å². The Morgan fingerprint density at radius 3 is 2.50 bits per heavy atom. The van der Waals surface area contributed by atoms with E-state index in [0.717, 1.165) is 4.57 Å². The molecule has 7 nitrogen and oxygen atoms in total. The molecule has 96 valence electrons. The van der Waals surface area contributed by atoms with E-state index in [1.54, 1.807) is 13.0 Å². The van der Waals surface area contributed by atoms with Crippen molar-refractivity contribution in [2.45, 2.75) is 20.0 Å². The molecule has 0 bridgehead atoms. The minimum absolute atomic E-state index is 0.150. The molecule has 1 aromatic rings.